The molecule has 0 aliphatic carbocycles. The number of piperazine rings is 1. The molecule has 0 bridgehead atoms. The molecule has 4 rings (SSSR count). The predicted molar refractivity (Wildman–Crippen MR) is 99.5 cm³/mol. The molecule has 1 saturated heterocycles. The highest BCUT2D eigenvalue weighted by Gasteiger charge is 2.36. The van der Waals surface area contributed by atoms with Crippen molar-refractivity contribution in [3.63, 3.8) is 0 Å². The monoisotopic (exact) mass is 380 g/mol. The van der Waals surface area contributed by atoms with Crippen molar-refractivity contribution in [3.8, 4) is 11.4 Å². The van der Waals surface area contributed by atoms with Crippen LogP contribution in [0.3, 0.4) is 0 Å². The lowest BCUT2D eigenvalue weighted by Crippen LogP contribution is -2.58. The van der Waals surface area contributed by atoms with Gasteiger partial charge in [0.1, 0.15) is 17.6 Å². The average molecular weight is 380 g/mol. The third-order valence-electron chi connectivity index (χ3n) is 4.73. The molecule has 0 radical (unpaired) electrons. The second-order valence-corrected chi connectivity index (χ2v) is 6.71. The minimum Gasteiger partial charge on any atom is -0.466 e. The molecule has 8 heteroatoms. The number of amides is 2. The normalized spacial score (nSPS) is 16.9. The van der Waals surface area contributed by atoms with Crippen molar-refractivity contribution in [1.82, 2.24) is 20.4 Å². The highest BCUT2D eigenvalue weighted by atomic mass is 16.5. The molecule has 3 aromatic rings. The highest BCUT2D eigenvalue weighted by Crippen LogP contribution is 2.21. The topological polar surface area (TPSA) is 101 Å². The van der Waals surface area contributed by atoms with E-state index in [9.17, 15) is 9.59 Å². The maximum Gasteiger partial charge on any atom is 0.258 e. The molecule has 1 N–H and O–H groups in total. The van der Waals surface area contributed by atoms with Gasteiger partial charge in [-0.15, -0.1) is 0 Å². The number of nitrogens with zero attached hydrogens (tertiary/aromatic N) is 3. The zero-order valence-corrected chi connectivity index (χ0v) is 15.6. The van der Waals surface area contributed by atoms with Gasteiger partial charge in [0, 0.05) is 18.7 Å². The zero-order chi connectivity index (χ0) is 19.7. The Hall–Kier alpha value is -3.42. The summed E-state index contributed by atoms with van der Waals surface area (Å²) in [5.74, 6) is 1.47. The summed E-state index contributed by atoms with van der Waals surface area (Å²) in [6.07, 6.45) is 0.146. The molecule has 144 valence electrons. The van der Waals surface area contributed by atoms with Gasteiger partial charge in [0.15, 0.2) is 0 Å². The van der Waals surface area contributed by atoms with E-state index in [4.69, 9.17) is 8.94 Å². The van der Waals surface area contributed by atoms with Crippen molar-refractivity contribution in [2.24, 2.45) is 0 Å². The van der Waals surface area contributed by atoms with E-state index in [1.165, 1.54) is 0 Å². The van der Waals surface area contributed by atoms with E-state index in [2.05, 4.69) is 15.5 Å². The van der Waals surface area contributed by atoms with Crippen molar-refractivity contribution in [2.75, 3.05) is 13.1 Å². The first kappa shape index (κ1) is 18.0. The molecule has 28 heavy (non-hydrogen) atoms. The average Bonchev–Trinajstić information content (AvgIpc) is 3.29. The van der Waals surface area contributed by atoms with Crippen molar-refractivity contribution >= 4 is 11.8 Å². The second-order valence-electron chi connectivity index (χ2n) is 6.71. The van der Waals surface area contributed by atoms with Gasteiger partial charge in [0.2, 0.25) is 17.6 Å². The Balaban J connectivity index is 1.57. The van der Waals surface area contributed by atoms with Crippen LogP contribution in [0.25, 0.3) is 11.4 Å². The summed E-state index contributed by atoms with van der Waals surface area (Å²) in [5, 5.41) is 6.79. The van der Waals surface area contributed by atoms with Gasteiger partial charge in [-0.1, -0.05) is 35.5 Å². The van der Waals surface area contributed by atoms with Crippen molar-refractivity contribution in [2.45, 2.75) is 26.3 Å². The molecule has 1 aliphatic rings. The Morgan fingerprint density at radius 1 is 1.29 bits per heavy atom. The van der Waals surface area contributed by atoms with E-state index in [-0.39, 0.29) is 18.2 Å². The van der Waals surface area contributed by atoms with Crippen LogP contribution in [0.5, 0.6) is 0 Å². The fourth-order valence-electron chi connectivity index (χ4n) is 3.37. The molecule has 0 saturated carbocycles. The Labute approximate surface area is 161 Å². The van der Waals surface area contributed by atoms with Gasteiger partial charge in [-0.05, 0) is 19.9 Å². The first-order chi connectivity index (χ1) is 13.5. The van der Waals surface area contributed by atoms with Crippen LogP contribution < -0.4 is 5.32 Å². The van der Waals surface area contributed by atoms with Gasteiger partial charge in [-0.3, -0.25) is 9.59 Å². The largest absolute Gasteiger partial charge is 0.466 e. The molecular weight excluding hydrogens is 360 g/mol. The Bertz CT molecular complexity index is 1010. The molecule has 1 aliphatic heterocycles. The molecule has 3 heterocycles. The third kappa shape index (κ3) is 3.40. The van der Waals surface area contributed by atoms with E-state index < -0.39 is 6.04 Å². The van der Waals surface area contributed by atoms with Gasteiger partial charge in [0.05, 0.1) is 12.0 Å². The summed E-state index contributed by atoms with van der Waals surface area (Å²) in [7, 11) is 0. The minimum absolute atomic E-state index is 0.146. The molecule has 1 fully saturated rings. The van der Waals surface area contributed by atoms with Crippen molar-refractivity contribution in [3.05, 3.63) is 59.4 Å². The minimum atomic E-state index is -0.722. The summed E-state index contributed by atoms with van der Waals surface area (Å²) < 4.78 is 10.8. The molecule has 1 aromatic carbocycles. The van der Waals surface area contributed by atoms with Crippen molar-refractivity contribution < 1.29 is 18.5 Å². The first-order valence-electron chi connectivity index (χ1n) is 9.06. The number of carbonyl (C=O) groups excluding carboxylic acids is 2. The number of hydrogen-bond acceptors (Lipinski definition) is 6. The van der Waals surface area contributed by atoms with E-state index in [0.717, 1.165) is 5.56 Å². The van der Waals surface area contributed by atoms with Crippen molar-refractivity contribution in [1.29, 1.82) is 0 Å². The first-order valence-corrected chi connectivity index (χ1v) is 9.06. The smallest absolute Gasteiger partial charge is 0.258 e. The van der Waals surface area contributed by atoms with Crippen LogP contribution in [0, 0.1) is 13.8 Å². The summed E-state index contributed by atoms with van der Waals surface area (Å²) in [5.41, 5.74) is 1.29. The van der Waals surface area contributed by atoms with Gasteiger partial charge in [-0.25, -0.2) is 0 Å². The Kier molecular flexibility index (Phi) is 4.68. The quantitative estimate of drug-likeness (QED) is 0.744. The molecule has 1 unspecified atom stereocenters. The standard InChI is InChI=1S/C20H20N4O4/c1-12-10-15(13(2)27-12)20(26)24-9-8-21-19(25)16(24)11-17-22-18(23-28-17)14-6-4-3-5-7-14/h3-7,10,16H,8-9,11H2,1-2H3,(H,21,25). The number of nitrogens with one attached hydrogen (secondary N) is 1. The van der Waals surface area contributed by atoms with Crippen LogP contribution in [-0.2, 0) is 11.2 Å². The molecule has 2 amide bonds. The van der Waals surface area contributed by atoms with Gasteiger partial charge in [-0.2, -0.15) is 4.98 Å². The maximum atomic E-state index is 13.0. The lowest BCUT2D eigenvalue weighted by Gasteiger charge is -2.34. The summed E-state index contributed by atoms with van der Waals surface area (Å²) in [4.78, 5) is 31.4. The van der Waals surface area contributed by atoms with E-state index in [1.54, 1.807) is 24.8 Å². The number of aryl methyl sites for hydroxylation is 2. The Morgan fingerprint density at radius 2 is 2.07 bits per heavy atom. The lowest BCUT2D eigenvalue weighted by atomic mass is 10.1. The van der Waals surface area contributed by atoms with Crippen LogP contribution in [0.1, 0.15) is 27.8 Å². The van der Waals surface area contributed by atoms with E-state index in [0.29, 0.717) is 41.9 Å². The van der Waals surface area contributed by atoms with Gasteiger partial charge < -0.3 is 19.2 Å². The Morgan fingerprint density at radius 3 is 2.79 bits per heavy atom. The molecule has 1 atom stereocenters. The number of aromatic nitrogens is 2. The van der Waals surface area contributed by atoms with Gasteiger partial charge in [0.25, 0.3) is 5.91 Å². The zero-order valence-electron chi connectivity index (χ0n) is 15.6. The molecular formula is C20H20N4O4. The lowest BCUT2D eigenvalue weighted by molar-refractivity contribution is -0.127. The van der Waals surface area contributed by atoms with Crippen LogP contribution in [0.2, 0.25) is 0 Å². The summed E-state index contributed by atoms with van der Waals surface area (Å²) >= 11 is 0. The number of carbonyl (C=O) groups is 2. The van der Waals surface area contributed by atoms with Crippen LogP contribution >= 0.6 is 0 Å². The molecule has 2 aromatic heterocycles. The summed E-state index contributed by atoms with van der Waals surface area (Å²) in [6, 6.07) is 10.4. The predicted octanol–water partition coefficient (Wildman–Crippen LogP) is 2.13. The third-order valence-corrected chi connectivity index (χ3v) is 4.73. The molecule has 8 nitrogen and oxygen atoms in total. The number of hydrogen-bond donors (Lipinski definition) is 1. The maximum absolute atomic E-state index is 13.0. The van der Waals surface area contributed by atoms with Crippen LogP contribution in [0.15, 0.2) is 45.3 Å². The van der Waals surface area contributed by atoms with Crippen LogP contribution in [0.4, 0.5) is 0 Å². The highest BCUT2D eigenvalue weighted by molar-refractivity contribution is 5.99. The number of benzene rings is 1. The SMILES string of the molecule is Cc1cc(C(=O)N2CCNC(=O)C2Cc2nc(-c3ccccc3)no2)c(C)o1. The van der Waals surface area contributed by atoms with E-state index >= 15 is 0 Å². The van der Waals surface area contributed by atoms with Gasteiger partial charge >= 0.3 is 0 Å². The number of furan rings is 1. The fourth-order valence-corrected chi connectivity index (χ4v) is 3.37. The second kappa shape index (κ2) is 7.30. The molecule has 0 spiro atoms. The van der Waals surface area contributed by atoms with E-state index in [1.807, 2.05) is 30.3 Å². The fraction of sp³-hybridized carbons (Fsp3) is 0.300. The summed E-state index contributed by atoms with van der Waals surface area (Å²) in [6.45, 7) is 4.33. The number of rotatable bonds is 4. The van der Waals surface area contributed by atoms with Crippen LogP contribution in [-0.4, -0.2) is 46.0 Å².